The third kappa shape index (κ3) is 14.6. The topological polar surface area (TPSA) is 129 Å². The number of benzene rings is 18. The zero-order valence-corrected chi connectivity index (χ0v) is 68.1. The molecule has 0 aliphatic carbocycles. The summed E-state index contributed by atoms with van der Waals surface area (Å²) in [5.41, 5.74) is 14.1. The molecule has 0 fully saturated rings. The van der Waals surface area contributed by atoms with Crippen LogP contribution in [0.4, 0.5) is 0 Å². The molecule has 0 spiro atoms. The number of rotatable bonds is 5. The normalized spacial score (nSPS) is 11.4. The van der Waals surface area contributed by atoms with Crippen molar-refractivity contribution in [3.63, 3.8) is 0 Å². The van der Waals surface area contributed by atoms with E-state index in [1.54, 1.807) is 0 Å². The van der Waals surface area contributed by atoms with Crippen LogP contribution < -0.4 is 0 Å². The Bertz CT molecular complexity index is 8150. The minimum Gasteiger partial charge on any atom is -0.218 e. The lowest BCUT2D eigenvalue weighted by atomic mass is 9.98. The molecule has 0 bridgehead atoms. The van der Waals surface area contributed by atoms with Crippen molar-refractivity contribution in [2.45, 2.75) is 0 Å². The maximum absolute atomic E-state index is 6.35. The van der Waals surface area contributed by atoms with Gasteiger partial charge in [-0.25, -0.2) is 49.8 Å². The van der Waals surface area contributed by atoms with Gasteiger partial charge in [-0.3, -0.25) is 0 Å². The molecule has 24 rings (SSSR count). The van der Waals surface area contributed by atoms with E-state index in [9.17, 15) is 0 Å². The Morgan fingerprint density at radius 2 is 0.500 bits per heavy atom. The van der Waals surface area contributed by atoms with E-state index in [0.717, 1.165) is 165 Å². The first-order chi connectivity index (χ1) is 59.0. The van der Waals surface area contributed by atoms with Gasteiger partial charge in [0, 0.05) is 96.5 Å². The Morgan fingerprint density at radius 1 is 0.175 bits per heavy atom. The standard InChI is InChI=1S/C24H13ClN2S.2C22H13ClN2.2C18H11ClN2/c25-24-26-22(18-11-9-14-5-1-2-6-16(14)23(18)27-24)15-10-12-21-19(13-15)17-7-3-4-8-20(17)28-21;23-22-24-20-17-10-4-2-7-15(17)12-13-19(20)21(25-22)18-11-5-8-14-6-1-3-9-16(14)18;23-22-24-20(17-10-9-14-5-1-2-7-16(14)13-17)19-12-11-15-6-3-4-8-18(15)21(19)25-22;19-18-20-15-11-10-12-6-4-5-9-14(12)16(15)17(21-18)13-7-2-1-3-8-13;19-18-20-16(13-7-2-1-3-8-13)15-11-10-12-6-4-5-9-14(12)17(15)21-18/h1-13H;2*1-13H;2*1-11H. The van der Waals surface area contributed by atoms with Crippen LogP contribution in [-0.4, -0.2) is 49.8 Å². The predicted molar refractivity (Wildman–Crippen MR) is 505 cm³/mol. The van der Waals surface area contributed by atoms with E-state index in [1.807, 2.05) is 163 Å². The predicted octanol–water partition coefficient (Wildman–Crippen LogP) is 30.2. The molecule has 0 radical (unpaired) electrons. The van der Waals surface area contributed by atoms with Crippen molar-refractivity contribution in [2.75, 3.05) is 0 Å². The van der Waals surface area contributed by atoms with Gasteiger partial charge in [0.2, 0.25) is 26.4 Å². The van der Waals surface area contributed by atoms with Crippen molar-refractivity contribution < 1.29 is 0 Å². The summed E-state index contributed by atoms with van der Waals surface area (Å²) < 4.78 is 2.58. The summed E-state index contributed by atoms with van der Waals surface area (Å²) in [4.78, 5) is 45.0. The average molecular weight is 1660 g/mol. The van der Waals surface area contributed by atoms with E-state index in [2.05, 4.69) is 268 Å². The van der Waals surface area contributed by atoms with Gasteiger partial charge in [-0.1, -0.05) is 315 Å². The molecule has 18 aromatic carbocycles. The van der Waals surface area contributed by atoms with Crippen molar-refractivity contribution in [3.05, 3.63) is 396 Å². The highest BCUT2D eigenvalue weighted by Crippen LogP contribution is 2.42. The van der Waals surface area contributed by atoms with E-state index in [-0.39, 0.29) is 26.4 Å². The summed E-state index contributed by atoms with van der Waals surface area (Å²) in [6, 6.07) is 126. The highest BCUT2D eigenvalue weighted by atomic mass is 35.5. The fraction of sp³-hybridized carbons (Fsp3) is 0. The summed E-state index contributed by atoms with van der Waals surface area (Å²) in [7, 11) is 0. The maximum Gasteiger partial charge on any atom is 0.223 e. The van der Waals surface area contributed by atoms with Gasteiger partial charge in [0.05, 0.1) is 56.1 Å². The monoisotopic (exact) mass is 1660 g/mol. The third-order valence-corrected chi connectivity index (χ3v) is 23.6. The van der Waals surface area contributed by atoms with Crippen LogP contribution >= 0.6 is 69.3 Å². The Hall–Kier alpha value is -13.9. The molecule has 568 valence electrons. The van der Waals surface area contributed by atoms with E-state index >= 15 is 0 Å². The number of hydrogen-bond acceptors (Lipinski definition) is 11. The van der Waals surface area contributed by atoms with Crippen molar-refractivity contribution >= 4 is 219 Å². The molecule has 0 aliphatic rings. The van der Waals surface area contributed by atoms with Gasteiger partial charge in [-0.05, 0) is 166 Å². The molecule has 120 heavy (non-hydrogen) atoms. The molecule has 6 aromatic heterocycles. The number of thiophene rings is 1. The summed E-state index contributed by atoms with van der Waals surface area (Å²) in [5, 5.41) is 25.0. The first-order valence-corrected chi connectivity index (χ1v) is 41.5. The van der Waals surface area contributed by atoms with Crippen LogP contribution in [-0.2, 0) is 0 Å². The molecule has 0 atom stereocenters. The van der Waals surface area contributed by atoms with Crippen LogP contribution in [0.25, 0.3) is 206 Å². The fourth-order valence-corrected chi connectivity index (χ4v) is 18.1. The lowest BCUT2D eigenvalue weighted by Gasteiger charge is -2.11. The Labute approximate surface area is 716 Å². The summed E-state index contributed by atoms with van der Waals surface area (Å²) >= 11 is 33.0. The van der Waals surface area contributed by atoms with E-state index in [0.29, 0.717) is 0 Å². The van der Waals surface area contributed by atoms with Crippen molar-refractivity contribution in [2.24, 2.45) is 0 Å². The Kier molecular flexibility index (Phi) is 20.3. The minimum absolute atomic E-state index is 0.270. The molecule has 0 N–H and O–H groups in total. The third-order valence-electron chi connectivity index (χ3n) is 21.6. The van der Waals surface area contributed by atoms with Crippen LogP contribution in [0.2, 0.25) is 26.4 Å². The van der Waals surface area contributed by atoms with E-state index < -0.39 is 0 Å². The second-order valence-corrected chi connectivity index (χ2v) is 31.5. The van der Waals surface area contributed by atoms with Crippen LogP contribution in [0.1, 0.15) is 0 Å². The van der Waals surface area contributed by atoms with Gasteiger partial charge >= 0.3 is 0 Å². The van der Waals surface area contributed by atoms with Crippen LogP contribution in [0.3, 0.4) is 0 Å². The Balaban J connectivity index is 0.0000000962. The molecule has 6 heterocycles. The quantitative estimate of drug-likeness (QED) is 0.121. The lowest BCUT2D eigenvalue weighted by molar-refractivity contribution is 1.23. The van der Waals surface area contributed by atoms with Gasteiger partial charge in [-0.15, -0.1) is 11.3 Å². The molecule has 10 nitrogen and oxygen atoms in total. The van der Waals surface area contributed by atoms with Crippen LogP contribution in [0, 0.1) is 0 Å². The Morgan fingerprint density at radius 3 is 1.01 bits per heavy atom. The molecule has 0 aliphatic heterocycles. The van der Waals surface area contributed by atoms with Crippen LogP contribution in [0.15, 0.2) is 370 Å². The van der Waals surface area contributed by atoms with Gasteiger partial charge in [0.15, 0.2) is 0 Å². The molecule has 0 amide bonds. The van der Waals surface area contributed by atoms with Crippen molar-refractivity contribution in [1.82, 2.24) is 49.8 Å². The summed E-state index contributed by atoms with van der Waals surface area (Å²) in [5.74, 6) is 0. The molecule has 0 unspecified atom stereocenters. The summed E-state index contributed by atoms with van der Waals surface area (Å²) in [6.45, 7) is 0. The van der Waals surface area contributed by atoms with Gasteiger partial charge in [0.1, 0.15) is 0 Å². The average Bonchev–Trinajstić information content (AvgIpc) is 1.67. The number of hydrogen-bond donors (Lipinski definition) is 0. The first kappa shape index (κ1) is 74.9. The number of nitrogens with zero attached hydrogens (tertiary/aromatic N) is 10. The first-order valence-electron chi connectivity index (χ1n) is 38.8. The molecular formula is C104H61Cl5N10S. The number of halogens is 5. The zero-order chi connectivity index (χ0) is 80.7. The van der Waals surface area contributed by atoms with E-state index in [4.69, 9.17) is 58.0 Å². The van der Waals surface area contributed by atoms with E-state index in [1.165, 1.54) is 41.7 Å². The van der Waals surface area contributed by atoms with Crippen molar-refractivity contribution in [3.8, 4) is 56.3 Å². The van der Waals surface area contributed by atoms with Crippen molar-refractivity contribution in [1.29, 1.82) is 0 Å². The molecular weight excluding hydrogens is 1600 g/mol. The molecule has 0 saturated carbocycles. The number of fused-ring (bicyclic) bond motifs is 20. The maximum atomic E-state index is 6.35. The molecule has 24 aromatic rings. The highest BCUT2D eigenvalue weighted by molar-refractivity contribution is 7.25. The lowest BCUT2D eigenvalue weighted by Crippen LogP contribution is -1.93. The molecule has 16 heteroatoms. The van der Waals surface area contributed by atoms with Gasteiger partial charge < -0.3 is 0 Å². The highest BCUT2D eigenvalue weighted by Gasteiger charge is 2.20. The van der Waals surface area contributed by atoms with Gasteiger partial charge in [-0.2, -0.15) is 0 Å². The molecule has 0 saturated heterocycles. The largest absolute Gasteiger partial charge is 0.223 e. The zero-order valence-electron chi connectivity index (χ0n) is 63.5. The second kappa shape index (κ2) is 32.6. The smallest absolute Gasteiger partial charge is 0.218 e. The summed E-state index contributed by atoms with van der Waals surface area (Å²) in [6.07, 6.45) is 0. The number of aromatic nitrogens is 10. The fourth-order valence-electron chi connectivity index (χ4n) is 16.1. The van der Waals surface area contributed by atoms with Gasteiger partial charge in [0.25, 0.3) is 0 Å². The second-order valence-electron chi connectivity index (χ2n) is 28.7. The SMILES string of the molecule is Clc1nc(-c2ccc3ccccc3c2)c2ccc3ccccc3c2n1.Clc1nc(-c2ccc3sc4ccccc4c3c2)c2ccc3ccccc3c2n1.Clc1nc(-c2cccc3ccccc23)c2ccc3ccccc3c2n1.Clc1nc(-c2ccccc2)c2c(ccc3ccccc32)n1.Clc1nc(-c2ccccc2)c2ccc3ccccc3c2n1. The minimum atomic E-state index is 0.270. The van der Waals surface area contributed by atoms with Crippen LogP contribution in [0.5, 0.6) is 0 Å².